The van der Waals surface area contributed by atoms with Crippen LogP contribution in [0.1, 0.15) is 25.3 Å². The summed E-state index contributed by atoms with van der Waals surface area (Å²) in [5, 5.41) is 6.10. The highest BCUT2D eigenvalue weighted by molar-refractivity contribution is 6.25. The lowest BCUT2D eigenvalue weighted by Gasteiger charge is -2.22. The van der Waals surface area contributed by atoms with Crippen molar-refractivity contribution in [3.05, 3.63) is 41.6 Å². The van der Waals surface area contributed by atoms with Crippen LogP contribution in [-0.2, 0) is 39.8 Å². The van der Waals surface area contributed by atoms with Gasteiger partial charge in [0.15, 0.2) is 0 Å². The number of aromatic amines is 1. The number of hydrogen-bond acceptors (Lipinski definition) is 7. The lowest BCUT2D eigenvalue weighted by molar-refractivity contribution is -0.150. The first-order valence-electron chi connectivity index (χ1n) is 11.4. The van der Waals surface area contributed by atoms with Gasteiger partial charge in [-0.1, -0.05) is 18.2 Å². The van der Waals surface area contributed by atoms with Crippen molar-refractivity contribution in [2.45, 2.75) is 38.3 Å². The van der Waals surface area contributed by atoms with E-state index < -0.39 is 35.7 Å². The molecule has 0 aliphatic rings. The predicted octanol–water partition coefficient (Wildman–Crippen LogP) is 0.556. The van der Waals surface area contributed by atoms with Crippen LogP contribution < -0.4 is 10.6 Å². The van der Waals surface area contributed by atoms with E-state index in [0.717, 1.165) is 16.5 Å². The Kier molecular flexibility index (Phi) is 12.0. The molecular weight excluding hydrogens is 470 g/mol. The van der Waals surface area contributed by atoms with Gasteiger partial charge >= 0.3 is 12.2 Å². The summed E-state index contributed by atoms with van der Waals surface area (Å²) in [6, 6.07) is 5.38. The van der Waals surface area contributed by atoms with E-state index >= 15 is 0 Å². The van der Waals surface area contributed by atoms with Gasteiger partial charge in [-0.2, -0.15) is 4.79 Å². The molecule has 2 rings (SSSR count). The highest BCUT2D eigenvalue weighted by Gasteiger charge is 2.28. The Balaban J connectivity index is 2.10. The Bertz CT molecular complexity index is 1090. The van der Waals surface area contributed by atoms with E-state index in [1.54, 1.807) is 6.20 Å². The number of benzene rings is 1. The summed E-state index contributed by atoms with van der Waals surface area (Å²) in [6.45, 7) is 2.07. The van der Waals surface area contributed by atoms with Crippen LogP contribution in [0.5, 0.6) is 0 Å². The van der Waals surface area contributed by atoms with Crippen LogP contribution in [0.15, 0.2) is 30.5 Å². The summed E-state index contributed by atoms with van der Waals surface area (Å²) in [7, 11) is 1.53. The number of fused-ring (bicyclic) bond motifs is 1. The predicted molar refractivity (Wildman–Crippen MR) is 129 cm³/mol. The molecule has 1 aromatic carbocycles. The molecule has 0 spiro atoms. The van der Waals surface area contributed by atoms with E-state index in [0.29, 0.717) is 19.4 Å². The standard InChI is InChI=1S/C24H31N5O7/c1-16(30)28-22(13-17-14-26-20-6-4-3-5-19(17)20)23(32)29-21(8-7-18(31)15-27-25)24(33)36-12-11-35-10-9-34-2/h3-6,14-15,21-22,26H,7-13H2,1-2H3,(H,28,30)(H,29,32)/t21-,22-/m0/s1. The topological polar surface area (TPSA) is 172 Å². The first kappa shape index (κ1) is 28.4. The zero-order chi connectivity index (χ0) is 26.3. The van der Waals surface area contributed by atoms with Gasteiger partial charge in [0.2, 0.25) is 17.6 Å². The molecule has 194 valence electrons. The molecule has 0 aliphatic heterocycles. The molecule has 3 N–H and O–H groups in total. The van der Waals surface area contributed by atoms with Gasteiger partial charge in [0.1, 0.15) is 18.7 Å². The third kappa shape index (κ3) is 9.41. The van der Waals surface area contributed by atoms with Gasteiger partial charge in [-0.05, 0) is 18.1 Å². The molecule has 1 aromatic heterocycles. The molecule has 2 aromatic rings. The Morgan fingerprint density at radius 3 is 2.56 bits per heavy atom. The smallest absolute Gasteiger partial charge is 0.328 e. The second-order valence-corrected chi connectivity index (χ2v) is 7.90. The highest BCUT2D eigenvalue weighted by atomic mass is 16.6. The third-order valence-corrected chi connectivity index (χ3v) is 5.18. The minimum absolute atomic E-state index is 0.0641. The van der Waals surface area contributed by atoms with Gasteiger partial charge in [-0.15, -0.1) is 0 Å². The van der Waals surface area contributed by atoms with E-state index in [4.69, 9.17) is 19.7 Å². The average Bonchev–Trinajstić information content (AvgIpc) is 3.26. The number of rotatable bonds is 16. The van der Waals surface area contributed by atoms with Crippen LogP contribution >= 0.6 is 0 Å². The molecule has 2 atom stereocenters. The van der Waals surface area contributed by atoms with Crippen LogP contribution in [0.3, 0.4) is 0 Å². The number of carbonyl (C=O) groups is 4. The molecule has 0 unspecified atom stereocenters. The van der Waals surface area contributed by atoms with Crippen LogP contribution in [-0.4, -0.2) is 85.2 Å². The van der Waals surface area contributed by atoms with Crippen LogP contribution in [0.2, 0.25) is 0 Å². The number of amides is 2. The van der Waals surface area contributed by atoms with Crippen molar-refractivity contribution < 1.29 is 38.2 Å². The van der Waals surface area contributed by atoms with Crippen molar-refractivity contribution in [1.82, 2.24) is 15.6 Å². The second-order valence-electron chi connectivity index (χ2n) is 7.90. The Morgan fingerprint density at radius 2 is 1.83 bits per heavy atom. The largest absolute Gasteiger partial charge is 0.462 e. The van der Waals surface area contributed by atoms with Crippen molar-refractivity contribution >= 4 is 40.7 Å². The van der Waals surface area contributed by atoms with E-state index in [1.165, 1.54) is 14.0 Å². The van der Waals surface area contributed by atoms with Crippen molar-refractivity contribution in [3.63, 3.8) is 0 Å². The molecule has 0 aliphatic carbocycles. The number of Topliss-reactive ketones (excluding diaryl/α,β-unsaturated/α-hetero) is 1. The SMILES string of the molecule is COCCOCCOC(=O)[C@H](CCC(=O)C=[N+]=[N-])NC(=O)[C@H](Cc1c[nH]c2ccccc12)NC(C)=O. The molecule has 36 heavy (non-hydrogen) atoms. The molecule has 0 saturated heterocycles. The van der Waals surface area contributed by atoms with E-state index in [-0.39, 0.29) is 32.5 Å². The number of ketones is 1. The fourth-order valence-electron chi connectivity index (χ4n) is 3.46. The minimum atomic E-state index is -1.17. The number of nitrogens with zero attached hydrogens (tertiary/aromatic N) is 2. The lowest BCUT2D eigenvalue weighted by atomic mass is 10.0. The molecule has 2 amide bonds. The Labute approximate surface area is 208 Å². The van der Waals surface area contributed by atoms with Gasteiger partial charge in [0, 0.05) is 44.0 Å². The van der Waals surface area contributed by atoms with Crippen LogP contribution in [0, 0.1) is 0 Å². The molecule has 0 radical (unpaired) electrons. The maximum atomic E-state index is 13.1. The fraction of sp³-hybridized carbons (Fsp3) is 0.458. The third-order valence-electron chi connectivity index (χ3n) is 5.18. The van der Waals surface area contributed by atoms with Crippen molar-refractivity contribution in [3.8, 4) is 0 Å². The maximum absolute atomic E-state index is 13.1. The lowest BCUT2D eigenvalue weighted by Crippen LogP contribution is -2.52. The fourth-order valence-corrected chi connectivity index (χ4v) is 3.46. The highest BCUT2D eigenvalue weighted by Crippen LogP contribution is 2.19. The molecule has 0 saturated carbocycles. The normalized spacial score (nSPS) is 12.3. The van der Waals surface area contributed by atoms with Crippen LogP contribution in [0.25, 0.3) is 16.4 Å². The van der Waals surface area contributed by atoms with Crippen molar-refractivity contribution in [2.24, 2.45) is 0 Å². The summed E-state index contributed by atoms with van der Waals surface area (Å²) >= 11 is 0. The summed E-state index contributed by atoms with van der Waals surface area (Å²) in [4.78, 5) is 55.2. The second kappa shape index (κ2) is 15.2. The van der Waals surface area contributed by atoms with Crippen molar-refractivity contribution in [2.75, 3.05) is 33.5 Å². The summed E-state index contributed by atoms with van der Waals surface area (Å²) < 4.78 is 15.3. The number of para-hydroxylation sites is 1. The van der Waals surface area contributed by atoms with Crippen molar-refractivity contribution in [1.29, 1.82) is 0 Å². The number of methoxy groups -OCH3 is 1. The molecular formula is C24H31N5O7. The number of carbonyl (C=O) groups excluding carboxylic acids is 4. The molecule has 12 nitrogen and oxygen atoms in total. The molecule has 12 heteroatoms. The number of nitrogens with one attached hydrogen (secondary N) is 3. The number of H-pyrrole nitrogens is 1. The van der Waals surface area contributed by atoms with Crippen LogP contribution in [0.4, 0.5) is 0 Å². The summed E-state index contributed by atoms with van der Waals surface area (Å²) in [5.74, 6) is -2.33. The average molecular weight is 502 g/mol. The van der Waals surface area contributed by atoms with E-state index in [1.807, 2.05) is 24.3 Å². The summed E-state index contributed by atoms with van der Waals surface area (Å²) in [5.41, 5.74) is 10.2. The Hall–Kier alpha value is -3.86. The van der Waals surface area contributed by atoms with Gasteiger partial charge in [-0.3, -0.25) is 14.4 Å². The van der Waals surface area contributed by atoms with E-state index in [2.05, 4.69) is 20.4 Å². The molecule has 0 fully saturated rings. The summed E-state index contributed by atoms with van der Waals surface area (Å²) in [6.07, 6.45) is 2.36. The zero-order valence-corrected chi connectivity index (χ0v) is 20.3. The minimum Gasteiger partial charge on any atom is -0.462 e. The maximum Gasteiger partial charge on any atom is 0.328 e. The Morgan fingerprint density at radius 1 is 1.08 bits per heavy atom. The van der Waals surface area contributed by atoms with E-state index in [9.17, 15) is 19.2 Å². The van der Waals surface area contributed by atoms with Gasteiger partial charge < -0.3 is 35.4 Å². The first-order chi connectivity index (χ1) is 17.3. The zero-order valence-electron chi connectivity index (χ0n) is 20.3. The number of esters is 1. The van der Waals surface area contributed by atoms with Gasteiger partial charge in [-0.25, -0.2) is 4.79 Å². The molecule has 0 bridgehead atoms. The molecule has 1 heterocycles. The van der Waals surface area contributed by atoms with Gasteiger partial charge in [0.05, 0.1) is 19.8 Å². The first-order valence-corrected chi connectivity index (χ1v) is 11.4. The number of aromatic nitrogens is 1. The quantitative estimate of drug-likeness (QED) is 0.0990. The number of hydrogen-bond donors (Lipinski definition) is 3. The monoisotopic (exact) mass is 501 g/mol. The number of ether oxygens (including phenoxy) is 3. The van der Waals surface area contributed by atoms with Gasteiger partial charge in [0.25, 0.3) is 0 Å².